The molecule has 98 valence electrons. The molecule has 3 unspecified atom stereocenters. The van der Waals surface area contributed by atoms with Crippen LogP contribution in [0.1, 0.15) is 38.6 Å². The molecule has 2 N–H and O–H groups in total. The number of halogens is 1. The molecule has 2 nitrogen and oxygen atoms in total. The van der Waals surface area contributed by atoms with E-state index in [-0.39, 0.29) is 6.04 Å². The summed E-state index contributed by atoms with van der Waals surface area (Å²) in [6, 6.07) is 5.22. The Hall–Kier alpha value is 0.1000. The van der Waals surface area contributed by atoms with Crippen molar-refractivity contribution in [3.8, 4) is 0 Å². The second-order valence-corrected chi connectivity index (χ2v) is 7.59. The Morgan fingerprint density at radius 3 is 2.18 bits per heavy atom. The number of hydrogen-bond acceptors (Lipinski definition) is 3. The fourth-order valence-corrected chi connectivity index (χ4v) is 3.73. The number of nitrogens with zero attached hydrogens (tertiary/aromatic N) is 1. The lowest BCUT2D eigenvalue weighted by atomic mass is 10.00. The van der Waals surface area contributed by atoms with Crippen LogP contribution in [0.3, 0.4) is 0 Å². The maximum atomic E-state index is 6.17. The zero-order valence-electron chi connectivity index (χ0n) is 11.3. The molecule has 0 aliphatic heterocycles. The van der Waals surface area contributed by atoms with Crippen LogP contribution in [0.5, 0.6) is 0 Å². The van der Waals surface area contributed by atoms with Gasteiger partial charge in [0, 0.05) is 17.0 Å². The molecule has 0 bridgehead atoms. The zero-order valence-corrected chi connectivity index (χ0v) is 13.7. The van der Waals surface area contributed by atoms with Gasteiger partial charge >= 0.3 is 0 Å². The highest BCUT2D eigenvalue weighted by atomic mass is 79.9. The van der Waals surface area contributed by atoms with Crippen LogP contribution in [-0.2, 0) is 0 Å². The van der Waals surface area contributed by atoms with E-state index in [4.69, 9.17) is 5.73 Å². The van der Waals surface area contributed by atoms with Crippen molar-refractivity contribution >= 4 is 27.3 Å². The molecule has 0 spiro atoms. The van der Waals surface area contributed by atoms with E-state index in [1.54, 1.807) is 11.3 Å². The molecule has 4 heteroatoms. The smallest absolute Gasteiger partial charge is 0.0702 e. The average molecular weight is 319 g/mol. The maximum absolute atomic E-state index is 6.17. The molecule has 1 aromatic heterocycles. The second-order valence-electron chi connectivity index (χ2n) is 5.10. The van der Waals surface area contributed by atoms with Crippen molar-refractivity contribution in [1.29, 1.82) is 0 Å². The SMILES string of the molecule is CC(C)C(C)N(C)C(c1ccc(Br)s1)C(C)N. The van der Waals surface area contributed by atoms with Gasteiger partial charge in [0.2, 0.25) is 0 Å². The number of hydrogen-bond donors (Lipinski definition) is 1. The highest BCUT2D eigenvalue weighted by molar-refractivity contribution is 9.11. The third kappa shape index (κ3) is 3.78. The largest absolute Gasteiger partial charge is 0.326 e. The number of nitrogens with two attached hydrogens (primary N) is 1. The maximum Gasteiger partial charge on any atom is 0.0702 e. The van der Waals surface area contributed by atoms with E-state index in [2.05, 4.69) is 67.7 Å². The molecule has 1 heterocycles. The Balaban J connectivity index is 2.94. The van der Waals surface area contributed by atoms with Gasteiger partial charge in [-0.2, -0.15) is 0 Å². The minimum Gasteiger partial charge on any atom is -0.326 e. The molecule has 1 aromatic rings. The molecular formula is C13H23BrN2S. The summed E-state index contributed by atoms with van der Waals surface area (Å²) < 4.78 is 1.17. The molecule has 0 saturated heterocycles. The monoisotopic (exact) mass is 318 g/mol. The fourth-order valence-electron chi connectivity index (χ4n) is 2.04. The van der Waals surface area contributed by atoms with Gasteiger partial charge in [-0.05, 0) is 54.9 Å². The molecule has 0 saturated carbocycles. The molecule has 0 radical (unpaired) electrons. The standard InChI is InChI=1S/C13H23BrN2S/c1-8(2)10(4)16(5)13(9(3)15)11-6-7-12(14)17-11/h6-10,13H,15H2,1-5H3. The summed E-state index contributed by atoms with van der Waals surface area (Å²) >= 11 is 5.30. The summed E-state index contributed by atoms with van der Waals surface area (Å²) in [7, 11) is 2.17. The lowest BCUT2D eigenvalue weighted by Gasteiger charge is -2.37. The van der Waals surface area contributed by atoms with E-state index in [1.807, 2.05) is 0 Å². The van der Waals surface area contributed by atoms with Crippen LogP contribution in [0.2, 0.25) is 0 Å². The summed E-state index contributed by atoms with van der Waals surface area (Å²) in [4.78, 5) is 3.73. The first-order valence-corrected chi connectivity index (χ1v) is 7.68. The van der Waals surface area contributed by atoms with Crippen LogP contribution < -0.4 is 5.73 Å². The molecule has 0 fully saturated rings. The van der Waals surface area contributed by atoms with Crippen molar-refractivity contribution in [2.24, 2.45) is 11.7 Å². The van der Waals surface area contributed by atoms with E-state index in [9.17, 15) is 0 Å². The summed E-state index contributed by atoms with van der Waals surface area (Å²) in [5.74, 6) is 0.629. The van der Waals surface area contributed by atoms with Crippen molar-refractivity contribution in [2.75, 3.05) is 7.05 Å². The lowest BCUT2D eigenvalue weighted by Crippen LogP contribution is -2.43. The molecule has 0 aliphatic carbocycles. The van der Waals surface area contributed by atoms with Crippen LogP contribution in [-0.4, -0.2) is 24.0 Å². The normalized spacial score (nSPS) is 17.5. The molecular weight excluding hydrogens is 296 g/mol. The van der Waals surface area contributed by atoms with Crippen LogP contribution in [0.4, 0.5) is 0 Å². The first kappa shape index (κ1) is 15.2. The van der Waals surface area contributed by atoms with Gasteiger partial charge in [0.15, 0.2) is 0 Å². The summed E-state index contributed by atoms with van der Waals surface area (Å²) in [6.07, 6.45) is 0. The quantitative estimate of drug-likeness (QED) is 0.892. The van der Waals surface area contributed by atoms with Crippen molar-refractivity contribution in [2.45, 2.75) is 45.8 Å². The van der Waals surface area contributed by atoms with E-state index in [0.717, 1.165) is 0 Å². The van der Waals surface area contributed by atoms with E-state index < -0.39 is 0 Å². The molecule has 1 rings (SSSR count). The Morgan fingerprint density at radius 2 is 1.82 bits per heavy atom. The number of rotatable bonds is 5. The predicted octanol–water partition coefficient (Wildman–Crippen LogP) is 3.88. The third-order valence-corrected chi connectivity index (χ3v) is 5.12. The van der Waals surface area contributed by atoms with Gasteiger partial charge in [-0.3, -0.25) is 4.90 Å². The van der Waals surface area contributed by atoms with Crippen LogP contribution in [0, 0.1) is 5.92 Å². The van der Waals surface area contributed by atoms with Gasteiger partial charge in [0.25, 0.3) is 0 Å². The van der Waals surface area contributed by atoms with Gasteiger partial charge in [-0.15, -0.1) is 11.3 Å². The topological polar surface area (TPSA) is 29.3 Å². The minimum atomic E-state index is 0.131. The van der Waals surface area contributed by atoms with Gasteiger partial charge in [0.05, 0.1) is 9.83 Å². The highest BCUT2D eigenvalue weighted by Gasteiger charge is 2.27. The number of likely N-dealkylation sites (N-methyl/N-ethyl adjacent to an activating group) is 1. The van der Waals surface area contributed by atoms with Crippen molar-refractivity contribution in [3.05, 3.63) is 20.8 Å². The molecule has 17 heavy (non-hydrogen) atoms. The van der Waals surface area contributed by atoms with Gasteiger partial charge in [-0.25, -0.2) is 0 Å². The van der Waals surface area contributed by atoms with Crippen molar-refractivity contribution in [1.82, 2.24) is 4.90 Å². The second kappa shape index (κ2) is 6.32. The van der Waals surface area contributed by atoms with E-state index in [0.29, 0.717) is 18.0 Å². The zero-order chi connectivity index (χ0) is 13.2. The summed E-state index contributed by atoms with van der Waals surface area (Å²) in [5.41, 5.74) is 6.17. The minimum absolute atomic E-state index is 0.131. The first-order chi connectivity index (χ1) is 7.84. The fraction of sp³-hybridized carbons (Fsp3) is 0.692. The lowest BCUT2D eigenvalue weighted by molar-refractivity contribution is 0.135. The van der Waals surface area contributed by atoms with E-state index in [1.165, 1.54) is 8.66 Å². The Labute approximate surface area is 117 Å². The Morgan fingerprint density at radius 1 is 1.24 bits per heavy atom. The molecule has 0 aromatic carbocycles. The van der Waals surface area contributed by atoms with Crippen molar-refractivity contribution in [3.63, 3.8) is 0 Å². The van der Waals surface area contributed by atoms with Crippen LogP contribution in [0.15, 0.2) is 15.9 Å². The molecule has 3 atom stereocenters. The highest BCUT2D eigenvalue weighted by Crippen LogP contribution is 2.33. The summed E-state index contributed by atoms with van der Waals surface area (Å²) in [6.45, 7) is 8.86. The molecule has 0 aliphatic rings. The Kier molecular flexibility index (Phi) is 5.64. The van der Waals surface area contributed by atoms with Crippen LogP contribution >= 0.6 is 27.3 Å². The average Bonchev–Trinajstić information content (AvgIpc) is 2.62. The number of thiophene rings is 1. The van der Waals surface area contributed by atoms with Gasteiger partial charge in [-0.1, -0.05) is 13.8 Å². The first-order valence-electron chi connectivity index (χ1n) is 6.07. The van der Waals surface area contributed by atoms with Crippen molar-refractivity contribution < 1.29 is 0 Å². The molecule has 0 amide bonds. The van der Waals surface area contributed by atoms with Gasteiger partial charge < -0.3 is 5.73 Å². The van der Waals surface area contributed by atoms with Crippen LogP contribution in [0.25, 0.3) is 0 Å². The van der Waals surface area contributed by atoms with E-state index >= 15 is 0 Å². The third-order valence-electron chi connectivity index (χ3n) is 3.43. The Bertz CT molecular complexity index is 349. The predicted molar refractivity (Wildman–Crippen MR) is 80.5 cm³/mol. The summed E-state index contributed by atoms with van der Waals surface area (Å²) in [5, 5.41) is 0. The van der Waals surface area contributed by atoms with Gasteiger partial charge in [0.1, 0.15) is 0 Å².